The Hall–Kier alpha value is -0.340. The lowest BCUT2D eigenvalue weighted by molar-refractivity contribution is 0.143. The van der Waals surface area contributed by atoms with Crippen LogP contribution >= 0.6 is 0 Å². The number of hydrogen-bond donors (Lipinski definition) is 2. The van der Waals surface area contributed by atoms with Crippen molar-refractivity contribution < 1.29 is 5.11 Å². The topological polar surface area (TPSA) is 32.3 Å². The summed E-state index contributed by atoms with van der Waals surface area (Å²) in [5.74, 6) is 0.451. The monoisotopic (exact) mass is 155 g/mol. The van der Waals surface area contributed by atoms with Gasteiger partial charge in [0.2, 0.25) is 0 Å². The molecular weight excluding hydrogens is 138 g/mol. The standard InChI is InChI=1S/C9H17NO/c1-7(2)3-4-8-5-10-6-9(8)11/h8-11H,1,3-6H2,2H3/t8-,9-/m1/s1. The number of rotatable bonds is 3. The minimum absolute atomic E-state index is 0.130. The smallest absolute Gasteiger partial charge is 0.0704 e. The van der Waals surface area contributed by atoms with Crippen molar-refractivity contribution in [3.8, 4) is 0 Å². The lowest BCUT2D eigenvalue weighted by Crippen LogP contribution is -2.17. The summed E-state index contributed by atoms with van der Waals surface area (Å²) >= 11 is 0. The number of aliphatic hydroxyl groups is 1. The third-order valence-electron chi connectivity index (χ3n) is 2.25. The average Bonchev–Trinajstić information content (AvgIpc) is 2.31. The van der Waals surface area contributed by atoms with Crippen LogP contribution in [0.2, 0.25) is 0 Å². The highest BCUT2D eigenvalue weighted by Crippen LogP contribution is 2.17. The second kappa shape index (κ2) is 3.88. The summed E-state index contributed by atoms with van der Waals surface area (Å²) in [5.41, 5.74) is 1.21. The normalized spacial score (nSPS) is 30.7. The van der Waals surface area contributed by atoms with Gasteiger partial charge in [-0.2, -0.15) is 0 Å². The first-order valence-electron chi connectivity index (χ1n) is 4.23. The summed E-state index contributed by atoms with van der Waals surface area (Å²) in [6.45, 7) is 7.61. The first kappa shape index (κ1) is 8.75. The van der Waals surface area contributed by atoms with Gasteiger partial charge in [0, 0.05) is 13.1 Å². The predicted molar refractivity (Wildman–Crippen MR) is 46.4 cm³/mol. The number of aliphatic hydroxyl groups excluding tert-OH is 1. The van der Waals surface area contributed by atoms with Gasteiger partial charge in [-0.15, -0.1) is 6.58 Å². The van der Waals surface area contributed by atoms with Crippen LogP contribution in [0.25, 0.3) is 0 Å². The fourth-order valence-corrected chi connectivity index (χ4v) is 1.45. The second-order valence-corrected chi connectivity index (χ2v) is 3.48. The van der Waals surface area contributed by atoms with E-state index in [0.29, 0.717) is 5.92 Å². The fourth-order valence-electron chi connectivity index (χ4n) is 1.45. The number of allylic oxidation sites excluding steroid dienone is 1. The lowest BCUT2D eigenvalue weighted by Gasteiger charge is -2.12. The van der Waals surface area contributed by atoms with Gasteiger partial charge in [0.1, 0.15) is 0 Å². The second-order valence-electron chi connectivity index (χ2n) is 3.48. The zero-order valence-corrected chi connectivity index (χ0v) is 7.14. The molecule has 0 aromatic carbocycles. The minimum Gasteiger partial charge on any atom is -0.391 e. The van der Waals surface area contributed by atoms with Gasteiger partial charge in [0.15, 0.2) is 0 Å². The van der Waals surface area contributed by atoms with E-state index in [2.05, 4.69) is 11.9 Å². The van der Waals surface area contributed by atoms with Crippen molar-refractivity contribution in [1.29, 1.82) is 0 Å². The van der Waals surface area contributed by atoms with Gasteiger partial charge in [0.25, 0.3) is 0 Å². The molecule has 1 heterocycles. The maximum atomic E-state index is 9.41. The fraction of sp³-hybridized carbons (Fsp3) is 0.778. The predicted octanol–water partition coefficient (Wildman–Crippen LogP) is 0.923. The Morgan fingerprint density at radius 1 is 1.64 bits per heavy atom. The van der Waals surface area contributed by atoms with E-state index in [-0.39, 0.29) is 6.10 Å². The van der Waals surface area contributed by atoms with Gasteiger partial charge in [0.05, 0.1) is 6.10 Å². The van der Waals surface area contributed by atoms with Crippen molar-refractivity contribution in [3.63, 3.8) is 0 Å². The van der Waals surface area contributed by atoms with E-state index in [1.54, 1.807) is 0 Å². The van der Waals surface area contributed by atoms with E-state index < -0.39 is 0 Å². The van der Waals surface area contributed by atoms with Crippen LogP contribution in [-0.2, 0) is 0 Å². The van der Waals surface area contributed by atoms with Gasteiger partial charge in [-0.1, -0.05) is 5.57 Å². The van der Waals surface area contributed by atoms with Gasteiger partial charge in [-0.25, -0.2) is 0 Å². The van der Waals surface area contributed by atoms with Gasteiger partial charge in [-0.3, -0.25) is 0 Å². The molecule has 1 fully saturated rings. The van der Waals surface area contributed by atoms with Crippen molar-refractivity contribution in [3.05, 3.63) is 12.2 Å². The Kier molecular flexibility index (Phi) is 3.09. The zero-order valence-electron chi connectivity index (χ0n) is 7.14. The van der Waals surface area contributed by atoms with Crippen molar-refractivity contribution in [2.75, 3.05) is 13.1 Å². The van der Waals surface area contributed by atoms with Crippen LogP contribution in [0.3, 0.4) is 0 Å². The molecule has 1 aliphatic heterocycles. The van der Waals surface area contributed by atoms with E-state index in [4.69, 9.17) is 0 Å². The first-order chi connectivity index (χ1) is 5.20. The SMILES string of the molecule is C=C(C)CC[C@@H]1CNC[C@H]1O. The maximum absolute atomic E-state index is 9.41. The van der Waals surface area contributed by atoms with E-state index in [1.165, 1.54) is 5.57 Å². The van der Waals surface area contributed by atoms with E-state index in [0.717, 1.165) is 25.9 Å². The molecule has 11 heavy (non-hydrogen) atoms. The summed E-state index contributed by atoms with van der Waals surface area (Å²) in [6, 6.07) is 0. The van der Waals surface area contributed by atoms with Crippen LogP contribution in [0.15, 0.2) is 12.2 Å². The molecule has 0 bridgehead atoms. The van der Waals surface area contributed by atoms with Crippen LogP contribution in [0.5, 0.6) is 0 Å². The van der Waals surface area contributed by atoms with Crippen LogP contribution in [0.4, 0.5) is 0 Å². The Bertz CT molecular complexity index is 144. The molecule has 0 aromatic rings. The quantitative estimate of drug-likeness (QED) is 0.594. The van der Waals surface area contributed by atoms with Crippen LogP contribution < -0.4 is 5.32 Å². The Balaban J connectivity index is 2.20. The molecular formula is C9H17NO. The van der Waals surface area contributed by atoms with Gasteiger partial charge < -0.3 is 10.4 Å². The van der Waals surface area contributed by atoms with Crippen LogP contribution in [0, 0.1) is 5.92 Å². The number of β-amino-alcohol motifs (C(OH)–C–C–N with tert-alkyl or cyclic N) is 1. The molecule has 2 atom stereocenters. The van der Waals surface area contributed by atoms with Crippen molar-refractivity contribution in [2.45, 2.75) is 25.9 Å². The third kappa shape index (κ3) is 2.64. The van der Waals surface area contributed by atoms with E-state index >= 15 is 0 Å². The summed E-state index contributed by atoms with van der Waals surface area (Å²) in [6.07, 6.45) is 1.99. The molecule has 2 N–H and O–H groups in total. The molecule has 0 saturated carbocycles. The van der Waals surface area contributed by atoms with Gasteiger partial charge in [-0.05, 0) is 25.7 Å². The summed E-state index contributed by atoms with van der Waals surface area (Å²) in [4.78, 5) is 0. The molecule has 1 saturated heterocycles. The molecule has 2 nitrogen and oxygen atoms in total. The molecule has 0 radical (unpaired) electrons. The first-order valence-corrected chi connectivity index (χ1v) is 4.23. The molecule has 1 aliphatic rings. The summed E-state index contributed by atoms with van der Waals surface area (Å²) in [7, 11) is 0. The number of nitrogens with one attached hydrogen (secondary N) is 1. The molecule has 0 aromatic heterocycles. The van der Waals surface area contributed by atoms with Crippen molar-refractivity contribution in [1.82, 2.24) is 5.32 Å². The molecule has 0 aliphatic carbocycles. The van der Waals surface area contributed by atoms with Crippen LogP contribution in [0.1, 0.15) is 19.8 Å². The summed E-state index contributed by atoms with van der Waals surface area (Å²) < 4.78 is 0. The largest absolute Gasteiger partial charge is 0.391 e. The average molecular weight is 155 g/mol. The molecule has 2 heteroatoms. The Labute approximate surface area is 68.3 Å². The molecule has 0 unspecified atom stereocenters. The maximum Gasteiger partial charge on any atom is 0.0704 e. The van der Waals surface area contributed by atoms with E-state index in [9.17, 15) is 5.11 Å². The molecule has 64 valence electrons. The highest BCUT2D eigenvalue weighted by atomic mass is 16.3. The molecule has 1 rings (SSSR count). The van der Waals surface area contributed by atoms with E-state index in [1.807, 2.05) is 6.92 Å². The van der Waals surface area contributed by atoms with Crippen molar-refractivity contribution in [2.24, 2.45) is 5.92 Å². The Morgan fingerprint density at radius 2 is 2.36 bits per heavy atom. The van der Waals surface area contributed by atoms with Crippen molar-refractivity contribution >= 4 is 0 Å². The van der Waals surface area contributed by atoms with Gasteiger partial charge >= 0.3 is 0 Å². The molecule has 0 amide bonds. The highest BCUT2D eigenvalue weighted by Gasteiger charge is 2.23. The third-order valence-corrected chi connectivity index (χ3v) is 2.25. The number of hydrogen-bond acceptors (Lipinski definition) is 2. The minimum atomic E-state index is -0.130. The lowest BCUT2D eigenvalue weighted by atomic mass is 9.98. The van der Waals surface area contributed by atoms with Crippen LogP contribution in [-0.4, -0.2) is 24.3 Å². The summed E-state index contributed by atoms with van der Waals surface area (Å²) in [5, 5.41) is 12.6. The highest BCUT2D eigenvalue weighted by molar-refractivity contribution is 4.90. The zero-order chi connectivity index (χ0) is 8.27. The Morgan fingerprint density at radius 3 is 2.82 bits per heavy atom. The molecule has 0 spiro atoms.